The second kappa shape index (κ2) is 42.4. The van der Waals surface area contributed by atoms with Gasteiger partial charge in [-0.25, -0.2) is 73.0 Å². The number of likely N-dealkylation sites (N-methyl/N-ethyl adjacent to an activating group) is 2. The minimum atomic E-state index is -0.458. The molecule has 22 rings (SSSR count). The molecule has 6 fully saturated rings. The van der Waals surface area contributed by atoms with E-state index in [-0.39, 0.29) is 33.0 Å². The summed E-state index contributed by atoms with van der Waals surface area (Å²) in [5, 5.41) is 19.4. The standard InChI is InChI=1S/C30H37N7.C29H36FN7.C27H30FN7.C26H30FN7/c1-4-36-13-15-37(16-14-36)20-23-7-8-27(32-19-23)35-29-31-12-9-26(34-29)24-17-21(2)28-25(18-24)30(22(3)33-28)10-5-6-11-30;1-6-29(5)20(4)33-26-19(3)14-22(15-23(26)29)27-24(30)17-32-28(35-27)34-25-9-8-21(16-31-25)18-37-12-10-36(7-2)11-13-37;1-17-13-19(14-21-24(17)32-18(2)27(21)7-3-4-8-27)25-22(28)16-31-26(34-25)33-23-6-5-20(15-30-23)35-11-9-29-10-12-35;1-5-26(4)17(3)31-23-16(2)12-18(13-20(23)26)24-21(27)15-30-25(33-24)32-22-7-6-19(14-29-22)34-10-8-28-9-11-34/h7-9,12,17-19H,4-6,10-11,13-16,20H2,1-3H3,(H,31,32,34,35);8-9,14-17H,6-7,10-13,18H2,1-5H3,(H,31,32,34,35);5-6,13-16,29H,3-4,7-12H2,1-2H3,(H,30,31,33,34);6-7,12-15,28H,5,8-11H2,1-4H3,(H,29,30,32,33). The van der Waals surface area contributed by atoms with E-state index >= 15 is 0 Å². The molecule has 2 unspecified atom stereocenters. The molecule has 8 aliphatic heterocycles. The van der Waals surface area contributed by atoms with Crippen LogP contribution in [0.1, 0.15) is 189 Å². The van der Waals surface area contributed by atoms with Crippen LogP contribution in [0.2, 0.25) is 0 Å². The molecular formula is C112H133F3N28. The zero-order valence-corrected chi connectivity index (χ0v) is 85.1. The smallest absolute Gasteiger partial charge is 0.229 e. The van der Waals surface area contributed by atoms with Crippen molar-refractivity contribution in [3.63, 3.8) is 0 Å². The molecule has 742 valence electrons. The first-order valence-electron chi connectivity index (χ1n) is 51.2. The second-order valence-corrected chi connectivity index (χ2v) is 40.2. The molecule has 6 N–H and O–H groups in total. The van der Waals surface area contributed by atoms with Crippen LogP contribution in [0.4, 0.5) is 94.4 Å². The molecule has 0 bridgehead atoms. The van der Waals surface area contributed by atoms with E-state index in [9.17, 15) is 13.2 Å². The number of anilines is 10. The largest absolute Gasteiger partial charge is 0.368 e. The molecule has 12 aromatic rings. The van der Waals surface area contributed by atoms with Gasteiger partial charge in [0.25, 0.3) is 0 Å². The van der Waals surface area contributed by atoms with Gasteiger partial charge in [-0.1, -0.05) is 79.4 Å². The molecule has 0 radical (unpaired) electrons. The number of hydrogen-bond acceptors (Lipinski definition) is 28. The van der Waals surface area contributed by atoms with E-state index in [2.05, 4.69) is 230 Å². The van der Waals surface area contributed by atoms with Crippen molar-refractivity contribution < 1.29 is 13.2 Å². The monoisotopic (exact) mass is 1930 g/mol. The van der Waals surface area contributed by atoms with Crippen molar-refractivity contribution in [2.24, 2.45) is 20.0 Å². The number of benzene rings is 4. The van der Waals surface area contributed by atoms with Gasteiger partial charge >= 0.3 is 0 Å². The molecule has 28 nitrogen and oxygen atoms in total. The van der Waals surface area contributed by atoms with Gasteiger partial charge in [0.1, 0.15) is 40.4 Å². The molecule has 10 aliphatic rings. The number of aryl methyl sites for hydroxylation is 4. The number of hydrogen-bond donors (Lipinski definition) is 6. The Morgan fingerprint density at radius 3 is 0.993 bits per heavy atom. The molecule has 143 heavy (non-hydrogen) atoms. The van der Waals surface area contributed by atoms with Crippen molar-refractivity contribution >= 4 is 104 Å². The van der Waals surface area contributed by atoms with E-state index in [1.807, 2.05) is 118 Å². The number of nitrogens with one attached hydrogen (secondary N) is 6. The minimum Gasteiger partial charge on any atom is -0.368 e. The number of pyridine rings is 4. The molecule has 2 saturated carbocycles. The summed E-state index contributed by atoms with van der Waals surface area (Å²) >= 11 is 0. The van der Waals surface area contributed by atoms with Crippen LogP contribution in [0.25, 0.3) is 45.0 Å². The van der Waals surface area contributed by atoms with Gasteiger partial charge in [-0.2, -0.15) is 0 Å². The van der Waals surface area contributed by atoms with Crippen LogP contribution in [0.5, 0.6) is 0 Å². The zero-order valence-electron chi connectivity index (χ0n) is 85.1. The van der Waals surface area contributed by atoms with Crippen molar-refractivity contribution in [3.05, 3.63) is 226 Å². The Morgan fingerprint density at radius 1 is 0.329 bits per heavy atom. The Hall–Kier alpha value is -13.2. The number of nitrogens with zero attached hydrogens (tertiary/aromatic N) is 22. The molecule has 31 heteroatoms. The number of aliphatic imine (C=N–C) groups is 4. The lowest BCUT2D eigenvalue weighted by atomic mass is 9.75. The fourth-order valence-electron chi connectivity index (χ4n) is 22.2. The third kappa shape index (κ3) is 20.8. The lowest BCUT2D eigenvalue weighted by molar-refractivity contribution is 0.132. The minimum absolute atomic E-state index is 0.00320. The van der Waals surface area contributed by atoms with Crippen molar-refractivity contribution in [1.29, 1.82) is 0 Å². The van der Waals surface area contributed by atoms with E-state index in [4.69, 9.17) is 25.0 Å². The van der Waals surface area contributed by atoms with Gasteiger partial charge in [-0.3, -0.25) is 29.8 Å². The topological polar surface area (TPSA) is 296 Å². The van der Waals surface area contributed by atoms with Gasteiger partial charge in [-0.05, 0) is 254 Å². The van der Waals surface area contributed by atoms with Gasteiger partial charge in [0.2, 0.25) is 23.8 Å². The molecule has 2 atom stereocenters. The van der Waals surface area contributed by atoms with Crippen LogP contribution in [-0.4, -0.2) is 220 Å². The highest BCUT2D eigenvalue weighted by Crippen LogP contribution is 2.55. The van der Waals surface area contributed by atoms with E-state index in [1.54, 1.807) is 0 Å². The van der Waals surface area contributed by atoms with Gasteiger partial charge in [0.05, 0.1) is 70.8 Å². The van der Waals surface area contributed by atoms with E-state index < -0.39 is 17.5 Å². The van der Waals surface area contributed by atoms with Crippen LogP contribution >= 0.6 is 0 Å². The molecule has 16 heterocycles. The maximum absolute atomic E-state index is 15.0. The predicted octanol–water partition coefficient (Wildman–Crippen LogP) is 21.3. The number of halogens is 3. The highest BCUT2D eigenvalue weighted by atomic mass is 19.1. The summed E-state index contributed by atoms with van der Waals surface area (Å²) < 4.78 is 44.8. The Labute approximate surface area is 838 Å². The summed E-state index contributed by atoms with van der Waals surface area (Å²) in [5.41, 5.74) is 27.5. The first-order chi connectivity index (χ1) is 69.3. The first-order valence-corrected chi connectivity index (χ1v) is 51.2. The van der Waals surface area contributed by atoms with Crippen LogP contribution in [0, 0.1) is 45.1 Å². The summed E-state index contributed by atoms with van der Waals surface area (Å²) in [4.78, 5) is 87.8. The normalized spacial score (nSPS) is 19.4. The molecule has 8 aromatic heterocycles. The summed E-state index contributed by atoms with van der Waals surface area (Å²) in [6.07, 6.45) is 24.4. The molecule has 4 saturated heterocycles. The van der Waals surface area contributed by atoms with Crippen LogP contribution in [0.3, 0.4) is 0 Å². The average Bonchev–Trinajstić information content (AvgIpc) is 1.59. The predicted molar refractivity (Wildman–Crippen MR) is 570 cm³/mol. The quantitative estimate of drug-likeness (QED) is 0.0367. The summed E-state index contributed by atoms with van der Waals surface area (Å²) in [6, 6.07) is 34.6. The summed E-state index contributed by atoms with van der Waals surface area (Å²) in [7, 11) is 0. The highest BCUT2D eigenvalue weighted by Gasteiger charge is 2.47. The summed E-state index contributed by atoms with van der Waals surface area (Å²) in [6.45, 7) is 50.6. The maximum Gasteiger partial charge on any atom is 0.229 e. The van der Waals surface area contributed by atoms with Gasteiger partial charge in [0.15, 0.2) is 17.5 Å². The lowest BCUT2D eigenvalue weighted by Crippen LogP contribution is -2.45. The zero-order chi connectivity index (χ0) is 99.4. The van der Waals surface area contributed by atoms with Crippen LogP contribution < -0.4 is 41.7 Å². The Bertz CT molecular complexity index is 6770. The van der Waals surface area contributed by atoms with Gasteiger partial charge in [-0.15, -0.1) is 0 Å². The molecular weight excluding hydrogens is 1790 g/mol. The molecule has 4 aromatic carbocycles. The lowest BCUT2D eigenvalue weighted by Gasteiger charge is -2.33. The van der Waals surface area contributed by atoms with Crippen molar-refractivity contribution in [2.45, 2.75) is 196 Å². The van der Waals surface area contributed by atoms with Crippen molar-refractivity contribution in [3.8, 4) is 45.0 Å². The summed E-state index contributed by atoms with van der Waals surface area (Å²) in [5.74, 6) is 2.79. The number of piperazine rings is 4. The second-order valence-electron chi connectivity index (χ2n) is 40.2. The average molecular weight is 1930 g/mol. The SMILES string of the molecule is CC1=Nc2c(C)cc(-c3nc(Nc4ccc(N5CCNCC5)cn4)ncc3F)cc2C12CCCC2.CCC1(C)C(C)=Nc2c(C)cc(-c3nc(Nc4ccc(N5CCNCC5)cn4)ncc3F)cc21.CCN1CCN(Cc2ccc(Nc3ncc(F)c(-c4cc(C)c5c(c4)C(C)(CC)C(C)=N5)n3)nc2)CC1.CCN1CCN(Cc2ccc(Nc3nccc(-c4cc(C)c5c(c4)C4(CCCC4)C(C)=N5)n3)nc2)CC1. The van der Waals surface area contributed by atoms with Gasteiger partial charge in [0, 0.05) is 203 Å². The van der Waals surface area contributed by atoms with Crippen LogP contribution in [0.15, 0.2) is 173 Å². The van der Waals surface area contributed by atoms with Crippen LogP contribution in [-0.2, 0) is 34.7 Å². The third-order valence-corrected chi connectivity index (χ3v) is 31.6. The molecule has 2 aliphatic carbocycles. The highest BCUT2D eigenvalue weighted by molar-refractivity contribution is 6.04. The maximum atomic E-state index is 15.0. The third-order valence-electron chi connectivity index (χ3n) is 31.6. The first kappa shape index (κ1) is 98.6. The van der Waals surface area contributed by atoms with Crippen molar-refractivity contribution in [2.75, 3.05) is 149 Å². The Morgan fingerprint density at radius 2 is 0.650 bits per heavy atom. The Balaban J connectivity index is 0.000000121. The van der Waals surface area contributed by atoms with E-state index in [1.165, 1.54) is 102 Å². The Kier molecular flexibility index (Phi) is 29.2. The fraction of sp³-hybridized carbons (Fsp3) is 0.429. The number of rotatable bonds is 22. The number of fused-ring (bicyclic) bond motifs is 6. The van der Waals surface area contributed by atoms with E-state index in [0.717, 1.165) is 258 Å². The molecule has 0 amide bonds. The number of aromatic nitrogens is 12. The van der Waals surface area contributed by atoms with Gasteiger partial charge < -0.3 is 51.5 Å². The molecule has 2 spiro atoms. The van der Waals surface area contributed by atoms with Crippen molar-refractivity contribution in [1.82, 2.24) is 90.0 Å². The van der Waals surface area contributed by atoms with E-state index in [0.29, 0.717) is 46.9 Å². The fourth-order valence-corrected chi connectivity index (χ4v) is 22.2.